The normalized spacial score (nSPS) is 24.2. The van der Waals surface area contributed by atoms with Gasteiger partial charge in [-0.2, -0.15) is 0 Å². The Morgan fingerprint density at radius 1 is 1.04 bits per heavy atom. The van der Waals surface area contributed by atoms with Gasteiger partial charge in [0, 0.05) is 44.5 Å². The number of phenols is 1. The molecule has 2 amide bonds. The van der Waals surface area contributed by atoms with E-state index >= 15 is 0 Å². The number of rotatable bonds is 7. The molecule has 14 nitrogen and oxygen atoms in total. The van der Waals surface area contributed by atoms with Crippen molar-refractivity contribution in [1.29, 1.82) is 0 Å². The first-order valence-electron chi connectivity index (χ1n) is 15.3. The number of amides is 2. The van der Waals surface area contributed by atoms with Crippen LogP contribution in [0.15, 0.2) is 56.4 Å². The predicted molar refractivity (Wildman–Crippen MR) is 182 cm³/mol. The van der Waals surface area contributed by atoms with Crippen LogP contribution in [0.5, 0.6) is 17.2 Å². The van der Waals surface area contributed by atoms with E-state index in [0.29, 0.717) is 28.1 Å². The van der Waals surface area contributed by atoms with Crippen LogP contribution in [0.2, 0.25) is 0 Å². The molecule has 18 heteroatoms. The molecule has 4 heterocycles. The van der Waals surface area contributed by atoms with Gasteiger partial charge in [0.2, 0.25) is 0 Å². The predicted octanol–water partition coefficient (Wildman–Crippen LogP) is 2.51. The Hall–Kier alpha value is -4.41. The molecule has 0 bridgehead atoms. The van der Waals surface area contributed by atoms with Gasteiger partial charge in [-0.3, -0.25) is 19.3 Å². The molecule has 1 saturated heterocycles. The number of imide groups is 1. The number of hydrogen-bond donors (Lipinski definition) is 1. The first kappa shape index (κ1) is 34.1. The Bertz CT molecular complexity index is 2370. The van der Waals surface area contributed by atoms with Gasteiger partial charge in [-0.05, 0) is 23.3 Å². The number of fused-ring (bicyclic) bond motifs is 5. The number of phenolic OH excluding ortho intramolecular Hbond substituents is 1. The van der Waals surface area contributed by atoms with E-state index in [-0.39, 0.29) is 42.6 Å². The lowest BCUT2D eigenvalue weighted by molar-refractivity contribution is -0.138. The fourth-order valence-electron chi connectivity index (χ4n) is 7.42. The second kappa shape index (κ2) is 11.8. The van der Waals surface area contributed by atoms with Crippen molar-refractivity contribution in [1.82, 2.24) is 28.4 Å². The fourth-order valence-corrected chi connectivity index (χ4v) is 8.83. The molecule has 4 aromatic rings. The molecule has 4 unspecified atom stereocenters. The number of nitrogens with zero attached hydrogens (tertiary/aromatic N) is 6. The highest BCUT2D eigenvalue weighted by Gasteiger charge is 2.75. The summed E-state index contributed by atoms with van der Waals surface area (Å²) in [4.78, 5) is 69.8. The Balaban J connectivity index is 1.32. The van der Waals surface area contributed by atoms with Crippen molar-refractivity contribution in [2.24, 2.45) is 7.05 Å². The summed E-state index contributed by atoms with van der Waals surface area (Å²) >= 11 is 17.4. The van der Waals surface area contributed by atoms with Gasteiger partial charge in [-0.1, -0.05) is 28.1 Å². The zero-order valence-electron chi connectivity index (χ0n) is 26.7. The van der Waals surface area contributed by atoms with E-state index in [1.165, 1.54) is 34.2 Å². The molecule has 7 rings (SSSR count). The molecule has 0 spiro atoms. The van der Waals surface area contributed by atoms with E-state index in [1.807, 2.05) is 0 Å². The molecular formula is C32H28BrCl2FN6O8. The molecule has 2 aliphatic heterocycles. The van der Waals surface area contributed by atoms with Crippen LogP contribution in [0.25, 0.3) is 11.0 Å². The quantitative estimate of drug-likeness (QED) is 0.128. The lowest BCUT2D eigenvalue weighted by Crippen LogP contribution is -2.59. The number of ether oxygens (including phenoxy) is 2. The van der Waals surface area contributed by atoms with E-state index in [9.17, 15) is 33.5 Å². The molecule has 3 aliphatic rings. The third-order valence-electron chi connectivity index (χ3n) is 9.89. The van der Waals surface area contributed by atoms with E-state index in [2.05, 4.69) is 20.9 Å². The highest BCUT2D eigenvalue weighted by atomic mass is 79.9. The molecule has 2 aromatic carbocycles. The maximum Gasteiger partial charge on any atom is 0.347 e. The third-order valence-corrected chi connectivity index (χ3v) is 11.8. The average Bonchev–Trinajstić information content (AvgIpc) is 3.43. The summed E-state index contributed by atoms with van der Waals surface area (Å²) in [5.41, 5.74) is -0.616. The molecule has 2 aromatic heterocycles. The molecule has 2 fully saturated rings. The number of methoxy groups -OCH3 is 2. The first-order valence-corrected chi connectivity index (χ1v) is 17.1. The minimum atomic E-state index is -2.14. The van der Waals surface area contributed by atoms with Crippen LogP contribution in [-0.2, 0) is 36.1 Å². The number of likely N-dealkylation sites (tertiary alicyclic amines) is 1. The summed E-state index contributed by atoms with van der Waals surface area (Å²) in [5, 5.41) is 9.91. The Morgan fingerprint density at radius 2 is 1.74 bits per heavy atom. The summed E-state index contributed by atoms with van der Waals surface area (Å²) in [5.74, 6) is -3.72. The van der Waals surface area contributed by atoms with Crippen LogP contribution in [0.1, 0.15) is 29.6 Å². The number of alkyl halides is 3. The third kappa shape index (κ3) is 4.50. The van der Waals surface area contributed by atoms with E-state index < -0.39 is 62.0 Å². The topological polar surface area (TPSA) is 160 Å². The van der Waals surface area contributed by atoms with Crippen LogP contribution in [0, 0.1) is 5.82 Å². The molecule has 4 atom stereocenters. The van der Waals surface area contributed by atoms with Crippen LogP contribution < -0.4 is 26.4 Å². The van der Waals surface area contributed by atoms with Gasteiger partial charge < -0.3 is 19.1 Å². The number of aromatic hydroxyl groups is 1. The standard InChI is InChI=1S/C32H28BrCl2FN6O8/c1-38-20-12-24(50-3)23(49-2)11-19(20)37-18(26(38)44)7-8-39-29(47)41-9-6-16-21(42(41)30(39)48)13-31(34)27(45)40(14-33)28(46)32(31,35)25(16)15-4-5-22(43)17(36)10-15/h4-6,10-12,21,25,43H,7-9,13-14H2,1-3H3. The van der Waals surface area contributed by atoms with E-state index in [1.54, 1.807) is 25.3 Å². The van der Waals surface area contributed by atoms with Crippen molar-refractivity contribution >= 4 is 62.0 Å². The molecule has 1 aliphatic carbocycles. The van der Waals surface area contributed by atoms with Gasteiger partial charge >= 0.3 is 11.4 Å². The van der Waals surface area contributed by atoms with E-state index in [0.717, 1.165) is 21.6 Å². The zero-order valence-corrected chi connectivity index (χ0v) is 29.8. The Kier molecular flexibility index (Phi) is 8.07. The Labute approximate surface area is 299 Å². The number of aryl methyl sites for hydroxylation is 2. The molecule has 1 N–H and O–H groups in total. The van der Waals surface area contributed by atoms with Crippen molar-refractivity contribution in [3.05, 3.63) is 90.4 Å². The second-order valence-corrected chi connectivity index (χ2v) is 14.0. The first-order chi connectivity index (χ1) is 23.7. The maximum absolute atomic E-state index is 14.8. The van der Waals surface area contributed by atoms with Crippen molar-refractivity contribution in [2.45, 2.75) is 47.6 Å². The molecular weight excluding hydrogens is 766 g/mol. The maximum atomic E-state index is 14.8. The highest BCUT2D eigenvalue weighted by molar-refractivity contribution is 9.09. The van der Waals surface area contributed by atoms with Gasteiger partial charge in [-0.25, -0.2) is 32.9 Å². The van der Waals surface area contributed by atoms with Crippen LogP contribution >= 0.6 is 39.1 Å². The SMILES string of the molecule is COc1cc2nc(CCn3c(=O)n4n(c3=O)C3CC5(Cl)C(=O)N(CBr)C(=O)C5(Cl)C(c5ccc(O)c(F)c5)C3=CC4)c(=O)n(C)c2cc1OC. The second-order valence-electron chi connectivity index (χ2n) is 12.3. The van der Waals surface area contributed by atoms with Crippen LogP contribution in [0.4, 0.5) is 4.39 Å². The lowest BCUT2D eigenvalue weighted by atomic mass is 9.64. The number of aromatic nitrogens is 5. The number of halogens is 4. The summed E-state index contributed by atoms with van der Waals surface area (Å²) in [6, 6.07) is 5.63. The monoisotopic (exact) mass is 792 g/mol. The van der Waals surface area contributed by atoms with Crippen molar-refractivity contribution in [3.63, 3.8) is 0 Å². The average molecular weight is 794 g/mol. The number of hydrogen-bond acceptors (Lipinski definition) is 9. The number of benzene rings is 2. The molecule has 0 radical (unpaired) electrons. The largest absolute Gasteiger partial charge is 0.505 e. The van der Waals surface area contributed by atoms with Crippen LogP contribution in [-0.4, -0.2) is 74.7 Å². The van der Waals surface area contributed by atoms with Crippen LogP contribution in [0.3, 0.4) is 0 Å². The summed E-state index contributed by atoms with van der Waals surface area (Å²) in [6.45, 7) is -0.352. The summed E-state index contributed by atoms with van der Waals surface area (Å²) in [7, 11) is 4.51. The highest BCUT2D eigenvalue weighted by Crippen LogP contribution is 2.63. The molecule has 50 heavy (non-hydrogen) atoms. The van der Waals surface area contributed by atoms with Gasteiger partial charge in [0.15, 0.2) is 32.8 Å². The van der Waals surface area contributed by atoms with Crippen molar-refractivity contribution < 1.29 is 28.6 Å². The minimum Gasteiger partial charge on any atom is -0.505 e. The number of carbonyl (C=O) groups is 2. The fraction of sp³-hybridized carbons (Fsp3) is 0.375. The van der Waals surface area contributed by atoms with Gasteiger partial charge in [0.05, 0.1) is 43.3 Å². The van der Waals surface area contributed by atoms with Crippen molar-refractivity contribution in [3.8, 4) is 17.2 Å². The van der Waals surface area contributed by atoms with Gasteiger partial charge in [-0.15, -0.1) is 23.2 Å². The van der Waals surface area contributed by atoms with Gasteiger partial charge in [0.1, 0.15) is 5.69 Å². The lowest BCUT2D eigenvalue weighted by Gasteiger charge is -2.49. The number of carbonyl (C=O) groups excluding carboxylic acids is 2. The smallest absolute Gasteiger partial charge is 0.347 e. The summed E-state index contributed by atoms with van der Waals surface area (Å²) < 4.78 is 30.2. The number of allylic oxidation sites excluding steroid dienone is 2. The van der Waals surface area contributed by atoms with Gasteiger partial charge in [0.25, 0.3) is 17.4 Å². The van der Waals surface area contributed by atoms with E-state index in [4.69, 9.17) is 32.7 Å². The molecule has 1 saturated carbocycles. The minimum absolute atomic E-state index is 0.0894. The Morgan fingerprint density at radius 3 is 2.40 bits per heavy atom. The van der Waals surface area contributed by atoms with Crippen molar-refractivity contribution in [2.75, 3.05) is 19.7 Å². The summed E-state index contributed by atoms with van der Waals surface area (Å²) in [6.07, 6.45) is 1.17. The molecule has 262 valence electrons. The zero-order chi connectivity index (χ0) is 36.0.